The molecule has 4 rings (SSSR count). The summed E-state index contributed by atoms with van der Waals surface area (Å²) in [5, 5.41) is 3.18. The monoisotopic (exact) mass is 541 g/mol. The number of allylic oxidation sites excluding steroid dienone is 1. The second-order valence-electron chi connectivity index (χ2n) is 9.40. The predicted octanol–water partition coefficient (Wildman–Crippen LogP) is 1.72. The van der Waals surface area contributed by atoms with Crippen LogP contribution in [0.25, 0.3) is 0 Å². The molecule has 0 aromatic heterocycles. The smallest absolute Gasteiger partial charge is 0.236 e. The summed E-state index contributed by atoms with van der Waals surface area (Å²) in [6, 6.07) is 1.49. The first-order valence-corrected chi connectivity index (χ1v) is 13.9. The molecule has 1 aromatic carbocycles. The van der Waals surface area contributed by atoms with Crippen molar-refractivity contribution in [2.75, 3.05) is 59.7 Å². The van der Waals surface area contributed by atoms with Crippen molar-refractivity contribution < 1.29 is 32.2 Å². The maximum atomic E-state index is 13.5. The zero-order valence-corrected chi connectivity index (χ0v) is 22.5. The van der Waals surface area contributed by atoms with Crippen LogP contribution in [0.5, 0.6) is 17.2 Å². The number of Topliss-reactive ketones (excluding diaryl/α,β-unsaturated/α-hetero) is 1. The standard InChI is InChI=1S/C24H32ClN3O7S/c1-15-12-16(26-6-11-36(31,32)28-8-5-7-27(2)9-10-28)13-19(29)24(15)23(30)20-17(33-3)14-18(34-4)21(25)22(20)35-24/h13-15,26H,5-12H2,1-4H3. The van der Waals surface area contributed by atoms with Gasteiger partial charge >= 0.3 is 0 Å². The maximum absolute atomic E-state index is 13.5. The van der Waals surface area contributed by atoms with Gasteiger partial charge < -0.3 is 24.4 Å². The van der Waals surface area contributed by atoms with Gasteiger partial charge in [0.25, 0.3) is 0 Å². The number of hydrogen-bond donors (Lipinski definition) is 1. The highest BCUT2D eigenvalue weighted by Crippen LogP contribution is 2.52. The van der Waals surface area contributed by atoms with Gasteiger partial charge in [-0.3, -0.25) is 9.59 Å². The van der Waals surface area contributed by atoms with Crippen LogP contribution < -0.4 is 19.5 Å². The number of ketones is 2. The van der Waals surface area contributed by atoms with Crippen molar-refractivity contribution in [2.45, 2.75) is 25.4 Å². The number of ether oxygens (including phenoxy) is 3. The molecule has 3 aliphatic rings. The van der Waals surface area contributed by atoms with Gasteiger partial charge in [-0.15, -0.1) is 0 Å². The normalized spacial score (nSPS) is 25.2. The fourth-order valence-electron chi connectivity index (χ4n) is 5.02. The molecule has 198 valence electrons. The van der Waals surface area contributed by atoms with E-state index >= 15 is 0 Å². The summed E-state index contributed by atoms with van der Waals surface area (Å²) in [7, 11) is 1.39. The molecule has 1 aromatic rings. The van der Waals surface area contributed by atoms with Crippen LogP contribution in [0.3, 0.4) is 0 Å². The molecule has 2 heterocycles. The Morgan fingerprint density at radius 3 is 2.56 bits per heavy atom. The second-order valence-corrected chi connectivity index (χ2v) is 11.9. The Balaban J connectivity index is 1.48. The van der Waals surface area contributed by atoms with E-state index in [0.29, 0.717) is 31.8 Å². The van der Waals surface area contributed by atoms with Crippen LogP contribution in [-0.4, -0.2) is 94.5 Å². The molecule has 1 aliphatic carbocycles. The highest BCUT2D eigenvalue weighted by molar-refractivity contribution is 7.89. The summed E-state index contributed by atoms with van der Waals surface area (Å²) in [6.45, 7) is 4.44. The molecule has 1 spiro atoms. The largest absolute Gasteiger partial charge is 0.496 e. The minimum absolute atomic E-state index is 0.0667. The number of fused-ring (bicyclic) bond motifs is 1. The molecule has 2 unspecified atom stereocenters. The summed E-state index contributed by atoms with van der Waals surface area (Å²) in [6.07, 6.45) is 2.44. The number of halogens is 1. The van der Waals surface area contributed by atoms with Crippen molar-refractivity contribution in [1.29, 1.82) is 0 Å². The number of nitrogens with one attached hydrogen (secondary N) is 1. The van der Waals surface area contributed by atoms with Crippen LogP contribution in [0.15, 0.2) is 17.8 Å². The number of hydrogen-bond acceptors (Lipinski definition) is 9. The lowest BCUT2D eigenvalue weighted by Crippen LogP contribution is -2.55. The van der Waals surface area contributed by atoms with Gasteiger partial charge in [-0.2, -0.15) is 0 Å². The van der Waals surface area contributed by atoms with Gasteiger partial charge in [0.2, 0.25) is 27.2 Å². The Morgan fingerprint density at radius 2 is 1.89 bits per heavy atom. The molecular weight excluding hydrogens is 510 g/mol. The van der Waals surface area contributed by atoms with E-state index in [9.17, 15) is 18.0 Å². The van der Waals surface area contributed by atoms with Gasteiger partial charge in [0.1, 0.15) is 22.1 Å². The van der Waals surface area contributed by atoms with E-state index in [2.05, 4.69) is 10.2 Å². The third kappa shape index (κ3) is 4.57. The maximum Gasteiger partial charge on any atom is 0.236 e. The lowest BCUT2D eigenvalue weighted by atomic mass is 9.74. The van der Waals surface area contributed by atoms with Gasteiger partial charge in [0, 0.05) is 49.9 Å². The lowest BCUT2D eigenvalue weighted by Gasteiger charge is -2.35. The van der Waals surface area contributed by atoms with E-state index in [1.807, 2.05) is 7.05 Å². The minimum atomic E-state index is -3.43. The third-order valence-corrected chi connectivity index (χ3v) is 9.32. The zero-order chi connectivity index (χ0) is 26.3. The number of nitrogens with zero attached hydrogens (tertiary/aromatic N) is 2. The van der Waals surface area contributed by atoms with E-state index in [4.69, 9.17) is 25.8 Å². The molecule has 12 heteroatoms. The Labute approximate surface area is 216 Å². The van der Waals surface area contributed by atoms with E-state index in [-0.39, 0.29) is 40.1 Å². The molecule has 10 nitrogen and oxygen atoms in total. The van der Waals surface area contributed by atoms with Crippen LogP contribution in [0, 0.1) is 5.92 Å². The first-order chi connectivity index (χ1) is 17.0. The summed E-state index contributed by atoms with van der Waals surface area (Å²) in [5.41, 5.74) is -1.09. The molecule has 0 amide bonds. The molecule has 0 radical (unpaired) electrons. The fourth-order valence-corrected chi connectivity index (χ4v) is 6.67. The zero-order valence-electron chi connectivity index (χ0n) is 20.9. The number of rotatable bonds is 7. The fraction of sp³-hybridized carbons (Fsp3) is 0.583. The van der Waals surface area contributed by atoms with E-state index in [0.717, 1.165) is 13.0 Å². The molecule has 1 N–H and O–H groups in total. The predicted molar refractivity (Wildman–Crippen MR) is 135 cm³/mol. The third-order valence-electron chi connectivity index (χ3n) is 7.09. The first kappa shape index (κ1) is 26.7. The number of sulfonamides is 1. The van der Waals surface area contributed by atoms with Crippen molar-refractivity contribution in [2.24, 2.45) is 5.92 Å². The van der Waals surface area contributed by atoms with Crippen LogP contribution in [-0.2, 0) is 14.8 Å². The van der Waals surface area contributed by atoms with Crippen molar-refractivity contribution in [3.05, 3.63) is 28.4 Å². The van der Waals surface area contributed by atoms with Gasteiger partial charge in [-0.25, -0.2) is 12.7 Å². The average Bonchev–Trinajstić information content (AvgIpc) is 2.97. The van der Waals surface area contributed by atoms with Crippen LogP contribution >= 0.6 is 11.6 Å². The SMILES string of the molecule is COc1cc(OC)c2c(c1Cl)OC1(C(=O)C=C(NCCS(=O)(=O)N3CCCN(C)CC3)CC1C)C2=O. The summed E-state index contributed by atoms with van der Waals surface area (Å²) in [4.78, 5) is 29.0. The molecular formula is C24H32ClN3O7S. The van der Waals surface area contributed by atoms with Crippen LogP contribution in [0.4, 0.5) is 0 Å². The molecule has 1 saturated heterocycles. The van der Waals surface area contributed by atoms with Crippen LogP contribution in [0.2, 0.25) is 5.02 Å². The lowest BCUT2D eigenvalue weighted by molar-refractivity contribution is -0.129. The number of carbonyl (C=O) groups excluding carboxylic acids is 2. The van der Waals surface area contributed by atoms with Crippen molar-refractivity contribution in [3.63, 3.8) is 0 Å². The summed E-state index contributed by atoms with van der Waals surface area (Å²) >= 11 is 6.41. The molecule has 2 atom stereocenters. The Morgan fingerprint density at radius 1 is 1.17 bits per heavy atom. The second kappa shape index (κ2) is 10.2. The van der Waals surface area contributed by atoms with Gasteiger partial charge in [-0.1, -0.05) is 18.5 Å². The quantitative estimate of drug-likeness (QED) is 0.515. The van der Waals surface area contributed by atoms with E-state index in [1.54, 1.807) is 6.92 Å². The number of likely N-dealkylation sites (N-methyl/N-ethyl adjacent to an activating group) is 1. The Hall–Kier alpha value is -2.34. The molecule has 0 saturated carbocycles. The van der Waals surface area contributed by atoms with Gasteiger partial charge in [0.05, 0.1) is 20.0 Å². The summed E-state index contributed by atoms with van der Waals surface area (Å²) < 4.78 is 43.8. The summed E-state index contributed by atoms with van der Waals surface area (Å²) in [5.74, 6) is -1.12. The minimum Gasteiger partial charge on any atom is -0.496 e. The number of carbonyl (C=O) groups is 2. The highest BCUT2D eigenvalue weighted by atomic mass is 35.5. The molecule has 1 fully saturated rings. The van der Waals surface area contributed by atoms with Crippen molar-refractivity contribution >= 4 is 33.2 Å². The number of benzene rings is 1. The molecule has 0 bridgehead atoms. The highest BCUT2D eigenvalue weighted by Gasteiger charge is 2.60. The topological polar surface area (TPSA) is 114 Å². The van der Waals surface area contributed by atoms with Gasteiger partial charge in [-0.05, 0) is 26.4 Å². The van der Waals surface area contributed by atoms with Crippen molar-refractivity contribution in [3.8, 4) is 17.2 Å². The van der Waals surface area contributed by atoms with Crippen molar-refractivity contribution in [1.82, 2.24) is 14.5 Å². The Bertz CT molecular complexity index is 1200. The Kier molecular flexibility index (Phi) is 7.57. The first-order valence-electron chi connectivity index (χ1n) is 11.9. The molecule has 36 heavy (non-hydrogen) atoms. The molecule has 2 aliphatic heterocycles. The van der Waals surface area contributed by atoms with E-state index < -0.39 is 33.1 Å². The average molecular weight is 542 g/mol. The van der Waals surface area contributed by atoms with Gasteiger partial charge in [0.15, 0.2) is 5.75 Å². The number of methoxy groups -OCH3 is 2. The van der Waals surface area contributed by atoms with E-state index in [1.165, 1.54) is 30.7 Å². The van der Waals surface area contributed by atoms with Crippen LogP contribution in [0.1, 0.15) is 30.1 Å².